The van der Waals surface area contributed by atoms with Crippen LogP contribution in [0.4, 0.5) is 0 Å². The summed E-state index contributed by atoms with van der Waals surface area (Å²) in [6.45, 7) is -0.0597. The van der Waals surface area contributed by atoms with Gasteiger partial charge in [0.05, 0.1) is 0 Å². The molecule has 1 rings (SSSR count). The lowest BCUT2D eigenvalue weighted by Gasteiger charge is -1.93. The summed E-state index contributed by atoms with van der Waals surface area (Å²) in [6, 6.07) is 3.18. The molecule has 1 heterocycles. The molecule has 0 amide bonds. The van der Waals surface area contributed by atoms with Crippen molar-refractivity contribution in [2.75, 3.05) is 6.61 Å². The summed E-state index contributed by atoms with van der Waals surface area (Å²) >= 11 is 1.07. The average Bonchev–Trinajstić information content (AvgIpc) is 2.48. The van der Waals surface area contributed by atoms with Gasteiger partial charge in [-0.1, -0.05) is 0 Å². The largest absolute Gasteiger partial charge is 0.478 e. The Morgan fingerprint density at radius 1 is 1.83 bits per heavy atom. The van der Waals surface area contributed by atoms with E-state index in [1.807, 2.05) is 0 Å². The SMILES string of the molecule is N#CCOc1csc(C(=O)O)c1. The molecule has 0 atom stereocenters. The van der Waals surface area contributed by atoms with Gasteiger partial charge in [-0.15, -0.1) is 11.3 Å². The van der Waals surface area contributed by atoms with E-state index in [1.54, 1.807) is 11.4 Å². The summed E-state index contributed by atoms with van der Waals surface area (Å²) < 4.78 is 4.87. The minimum atomic E-state index is -0.980. The van der Waals surface area contributed by atoms with Crippen LogP contribution in [0.2, 0.25) is 0 Å². The predicted molar refractivity (Wildman–Crippen MR) is 42.4 cm³/mol. The number of carbonyl (C=O) groups is 1. The summed E-state index contributed by atoms with van der Waals surface area (Å²) in [5, 5.41) is 18.2. The number of aromatic carboxylic acids is 1. The fourth-order valence-electron chi connectivity index (χ4n) is 0.622. The first-order valence-electron chi connectivity index (χ1n) is 3.05. The van der Waals surface area contributed by atoms with Crippen LogP contribution in [0.3, 0.4) is 0 Å². The summed E-state index contributed by atoms with van der Waals surface area (Å²) in [4.78, 5) is 10.6. The van der Waals surface area contributed by atoms with E-state index in [-0.39, 0.29) is 11.5 Å². The van der Waals surface area contributed by atoms with Crippen LogP contribution in [-0.4, -0.2) is 17.7 Å². The van der Waals surface area contributed by atoms with E-state index in [9.17, 15) is 4.79 Å². The molecular weight excluding hydrogens is 178 g/mol. The maximum absolute atomic E-state index is 10.4. The van der Waals surface area contributed by atoms with Crippen molar-refractivity contribution in [2.24, 2.45) is 0 Å². The molecule has 0 unspecified atom stereocenters. The maximum atomic E-state index is 10.4. The molecule has 0 fully saturated rings. The molecule has 5 heteroatoms. The molecular formula is C7H5NO3S. The molecule has 0 saturated carbocycles. The second-order valence-corrected chi connectivity index (χ2v) is 2.81. The number of ether oxygens (including phenoxy) is 1. The molecule has 0 radical (unpaired) electrons. The Hall–Kier alpha value is -1.54. The Morgan fingerprint density at radius 3 is 3.08 bits per heavy atom. The molecule has 0 aliphatic rings. The van der Waals surface area contributed by atoms with Gasteiger partial charge in [0.25, 0.3) is 0 Å². The molecule has 0 saturated heterocycles. The van der Waals surface area contributed by atoms with Crippen molar-refractivity contribution in [2.45, 2.75) is 0 Å². The number of nitriles is 1. The van der Waals surface area contributed by atoms with Crippen molar-refractivity contribution >= 4 is 17.3 Å². The monoisotopic (exact) mass is 183 g/mol. The molecule has 1 aromatic rings. The lowest BCUT2D eigenvalue weighted by Crippen LogP contribution is -1.93. The third-order valence-corrected chi connectivity index (χ3v) is 1.99. The van der Waals surface area contributed by atoms with Gasteiger partial charge in [0.15, 0.2) is 6.61 Å². The second-order valence-electron chi connectivity index (χ2n) is 1.90. The van der Waals surface area contributed by atoms with Crippen LogP contribution < -0.4 is 4.74 Å². The third kappa shape index (κ3) is 1.97. The van der Waals surface area contributed by atoms with E-state index >= 15 is 0 Å². The van der Waals surface area contributed by atoms with Crippen LogP contribution in [0.1, 0.15) is 9.67 Å². The number of hydrogen-bond acceptors (Lipinski definition) is 4. The molecule has 1 N–H and O–H groups in total. The zero-order valence-electron chi connectivity index (χ0n) is 5.98. The molecule has 0 aliphatic carbocycles. The van der Waals surface area contributed by atoms with Crippen molar-refractivity contribution in [1.29, 1.82) is 5.26 Å². The summed E-state index contributed by atoms with van der Waals surface area (Å²) in [7, 11) is 0. The number of hydrogen-bond donors (Lipinski definition) is 1. The minimum absolute atomic E-state index is 0.0597. The van der Waals surface area contributed by atoms with Gasteiger partial charge in [-0.05, 0) is 0 Å². The van der Waals surface area contributed by atoms with Gasteiger partial charge < -0.3 is 9.84 Å². The maximum Gasteiger partial charge on any atom is 0.346 e. The van der Waals surface area contributed by atoms with E-state index in [1.165, 1.54) is 6.07 Å². The molecule has 1 aromatic heterocycles. The average molecular weight is 183 g/mol. The zero-order chi connectivity index (χ0) is 8.97. The lowest BCUT2D eigenvalue weighted by molar-refractivity contribution is 0.0702. The van der Waals surface area contributed by atoms with Gasteiger partial charge in [0.2, 0.25) is 0 Å². The fraction of sp³-hybridized carbons (Fsp3) is 0.143. The van der Waals surface area contributed by atoms with Gasteiger partial charge >= 0.3 is 5.97 Å². The Morgan fingerprint density at radius 2 is 2.58 bits per heavy atom. The first-order chi connectivity index (χ1) is 5.74. The minimum Gasteiger partial charge on any atom is -0.478 e. The van der Waals surface area contributed by atoms with Crippen LogP contribution >= 0.6 is 11.3 Å². The summed E-state index contributed by atoms with van der Waals surface area (Å²) in [5.41, 5.74) is 0. The summed E-state index contributed by atoms with van der Waals surface area (Å²) in [6.07, 6.45) is 0. The van der Waals surface area contributed by atoms with E-state index in [4.69, 9.17) is 15.1 Å². The molecule has 0 aromatic carbocycles. The highest BCUT2D eigenvalue weighted by atomic mass is 32.1. The van der Waals surface area contributed by atoms with Crippen molar-refractivity contribution in [1.82, 2.24) is 0 Å². The fourth-order valence-corrected chi connectivity index (χ4v) is 1.29. The number of carboxylic acid groups (broad SMARTS) is 1. The van der Waals surface area contributed by atoms with Gasteiger partial charge in [0.1, 0.15) is 16.7 Å². The molecule has 4 nitrogen and oxygen atoms in total. The second kappa shape index (κ2) is 3.74. The van der Waals surface area contributed by atoms with Gasteiger partial charge in [-0.3, -0.25) is 0 Å². The Balaban J connectivity index is 2.66. The van der Waals surface area contributed by atoms with Crippen molar-refractivity contribution in [3.63, 3.8) is 0 Å². The van der Waals surface area contributed by atoms with Crippen molar-refractivity contribution < 1.29 is 14.6 Å². The van der Waals surface area contributed by atoms with E-state index in [0.717, 1.165) is 11.3 Å². The topological polar surface area (TPSA) is 70.3 Å². The Bertz CT molecular complexity index is 326. The van der Waals surface area contributed by atoms with E-state index < -0.39 is 5.97 Å². The Labute approximate surface area is 72.6 Å². The number of carboxylic acids is 1. The van der Waals surface area contributed by atoms with E-state index in [0.29, 0.717) is 5.75 Å². The third-order valence-electron chi connectivity index (χ3n) is 1.09. The highest BCUT2D eigenvalue weighted by Crippen LogP contribution is 2.21. The van der Waals surface area contributed by atoms with Crippen LogP contribution in [-0.2, 0) is 0 Å². The van der Waals surface area contributed by atoms with Gasteiger partial charge in [-0.2, -0.15) is 5.26 Å². The molecule has 0 aliphatic heterocycles. The standard InChI is InChI=1S/C7H5NO3S/c8-1-2-11-5-3-6(7(9)10)12-4-5/h3-4H,2H2,(H,9,10). The van der Waals surface area contributed by atoms with Gasteiger partial charge in [0, 0.05) is 11.4 Å². The highest BCUT2D eigenvalue weighted by Gasteiger charge is 2.06. The summed E-state index contributed by atoms with van der Waals surface area (Å²) in [5.74, 6) is -0.550. The normalized spacial score (nSPS) is 8.92. The van der Waals surface area contributed by atoms with Crippen molar-refractivity contribution in [3.05, 3.63) is 16.3 Å². The predicted octanol–water partition coefficient (Wildman–Crippen LogP) is 1.35. The lowest BCUT2D eigenvalue weighted by atomic mass is 10.4. The molecule has 0 spiro atoms. The smallest absolute Gasteiger partial charge is 0.346 e. The van der Waals surface area contributed by atoms with Crippen LogP contribution in [0, 0.1) is 11.3 Å². The van der Waals surface area contributed by atoms with Crippen LogP contribution in [0.25, 0.3) is 0 Å². The van der Waals surface area contributed by atoms with Gasteiger partial charge in [-0.25, -0.2) is 4.79 Å². The highest BCUT2D eigenvalue weighted by molar-refractivity contribution is 7.12. The first-order valence-corrected chi connectivity index (χ1v) is 3.93. The number of thiophene rings is 1. The Kier molecular flexibility index (Phi) is 2.66. The molecule has 12 heavy (non-hydrogen) atoms. The number of nitrogens with zero attached hydrogens (tertiary/aromatic N) is 1. The molecule has 0 bridgehead atoms. The molecule has 62 valence electrons. The zero-order valence-corrected chi connectivity index (χ0v) is 6.80. The van der Waals surface area contributed by atoms with Crippen molar-refractivity contribution in [3.8, 4) is 11.8 Å². The number of rotatable bonds is 3. The van der Waals surface area contributed by atoms with E-state index in [2.05, 4.69) is 0 Å². The quantitative estimate of drug-likeness (QED) is 0.767. The van der Waals surface area contributed by atoms with Crippen LogP contribution in [0.5, 0.6) is 5.75 Å². The van der Waals surface area contributed by atoms with Crippen LogP contribution in [0.15, 0.2) is 11.4 Å². The first kappa shape index (κ1) is 8.56.